The predicted molar refractivity (Wildman–Crippen MR) is 91.5 cm³/mol. The van der Waals surface area contributed by atoms with Gasteiger partial charge >= 0.3 is 0 Å². The Morgan fingerprint density at radius 1 is 1.33 bits per heavy atom. The van der Waals surface area contributed by atoms with Crippen LogP contribution in [0, 0.1) is 6.92 Å². The average molecular weight is 382 g/mol. The van der Waals surface area contributed by atoms with Gasteiger partial charge in [-0.3, -0.25) is 4.79 Å². The van der Waals surface area contributed by atoms with Crippen molar-refractivity contribution in [3.05, 3.63) is 56.5 Å². The normalized spacial score (nSPS) is 10.8. The minimum Gasteiger partial charge on any atom is -0.319 e. The molecule has 0 saturated carbocycles. The van der Waals surface area contributed by atoms with Gasteiger partial charge in [0.1, 0.15) is 5.52 Å². The molecule has 1 aromatic heterocycles. The van der Waals surface area contributed by atoms with Crippen molar-refractivity contribution in [2.75, 3.05) is 5.32 Å². The summed E-state index contributed by atoms with van der Waals surface area (Å²) in [5.74, 6) is -0.218. The highest BCUT2D eigenvalue weighted by Crippen LogP contribution is 2.33. The van der Waals surface area contributed by atoms with Crippen LogP contribution in [-0.4, -0.2) is 10.9 Å². The molecule has 0 saturated heterocycles. The average Bonchev–Trinajstić information content (AvgIpc) is 2.90. The van der Waals surface area contributed by atoms with Gasteiger partial charge in [0, 0.05) is 4.47 Å². The maximum atomic E-state index is 12.4. The molecular formula is C15H10BrClN2OS. The van der Waals surface area contributed by atoms with Gasteiger partial charge in [0.25, 0.3) is 5.91 Å². The SMILES string of the molecule is Cc1ccc(C(=O)Nc2c(Cl)ccc3scnc23)c(Br)c1. The number of anilines is 1. The monoisotopic (exact) mass is 380 g/mol. The molecule has 0 aliphatic carbocycles. The van der Waals surface area contributed by atoms with Gasteiger partial charge in [-0.25, -0.2) is 4.98 Å². The van der Waals surface area contributed by atoms with E-state index in [9.17, 15) is 4.79 Å². The number of rotatable bonds is 2. The largest absolute Gasteiger partial charge is 0.319 e. The van der Waals surface area contributed by atoms with E-state index in [0.29, 0.717) is 21.8 Å². The molecule has 2 aromatic carbocycles. The van der Waals surface area contributed by atoms with Crippen LogP contribution in [0.15, 0.2) is 40.3 Å². The molecular weight excluding hydrogens is 372 g/mol. The molecule has 6 heteroatoms. The van der Waals surface area contributed by atoms with E-state index in [-0.39, 0.29) is 5.91 Å². The molecule has 0 radical (unpaired) electrons. The number of benzene rings is 2. The van der Waals surface area contributed by atoms with Crippen LogP contribution in [0.5, 0.6) is 0 Å². The molecule has 3 nitrogen and oxygen atoms in total. The summed E-state index contributed by atoms with van der Waals surface area (Å²) in [5, 5.41) is 3.34. The van der Waals surface area contributed by atoms with Crippen LogP contribution in [0.1, 0.15) is 15.9 Å². The van der Waals surface area contributed by atoms with Crippen LogP contribution in [0.4, 0.5) is 5.69 Å². The van der Waals surface area contributed by atoms with Gasteiger partial charge in [0.2, 0.25) is 0 Å². The summed E-state index contributed by atoms with van der Waals surface area (Å²) in [6, 6.07) is 9.24. The number of carbonyl (C=O) groups excluding carboxylic acids is 1. The first kappa shape index (κ1) is 14.5. The lowest BCUT2D eigenvalue weighted by Crippen LogP contribution is -2.13. The summed E-state index contributed by atoms with van der Waals surface area (Å²) < 4.78 is 1.74. The molecule has 1 amide bonds. The minimum atomic E-state index is -0.218. The Bertz CT molecular complexity index is 847. The van der Waals surface area contributed by atoms with E-state index >= 15 is 0 Å². The van der Waals surface area contributed by atoms with Crippen LogP contribution >= 0.6 is 38.9 Å². The van der Waals surface area contributed by atoms with Crippen LogP contribution in [0.3, 0.4) is 0 Å². The molecule has 0 aliphatic rings. The molecule has 0 aliphatic heterocycles. The standard InChI is InChI=1S/C15H10BrClN2OS/c1-8-2-3-9(10(16)6-8)15(20)19-13-11(17)4-5-12-14(13)18-7-21-12/h2-7H,1H3,(H,19,20). The zero-order valence-corrected chi connectivity index (χ0v) is 14.1. The quantitative estimate of drug-likeness (QED) is 0.657. The second kappa shape index (κ2) is 5.75. The van der Waals surface area contributed by atoms with Crippen molar-refractivity contribution in [2.24, 2.45) is 0 Å². The van der Waals surface area contributed by atoms with Crippen molar-refractivity contribution in [3.8, 4) is 0 Å². The van der Waals surface area contributed by atoms with Crippen LogP contribution in [0.2, 0.25) is 5.02 Å². The molecule has 0 unspecified atom stereocenters. The van der Waals surface area contributed by atoms with E-state index in [4.69, 9.17) is 11.6 Å². The number of fused-ring (bicyclic) bond motifs is 1. The Labute approximate surface area is 139 Å². The van der Waals surface area contributed by atoms with Gasteiger partial charge in [0.15, 0.2) is 0 Å². The Morgan fingerprint density at radius 2 is 2.14 bits per heavy atom. The highest BCUT2D eigenvalue weighted by Gasteiger charge is 2.15. The van der Waals surface area contributed by atoms with E-state index in [2.05, 4.69) is 26.2 Å². The third-order valence-corrected chi connectivity index (χ3v) is 4.82. The van der Waals surface area contributed by atoms with E-state index in [0.717, 1.165) is 14.7 Å². The molecule has 1 N–H and O–H groups in total. The Morgan fingerprint density at radius 3 is 2.90 bits per heavy atom. The van der Waals surface area contributed by atoms with Crippen LogP contribution < -0.4 is 5.32 Å². The lowest BCUT2D eigenvalue weighted by molar-refractivity contribution is 0.102. The topological polar surface area (TPSA) is 42.0 Å². The molecule has 3 aromatic rings. The number of aryl methyl sites for hydroxylation is 1. The fourth-order valence-corrected chi connectivity index (χ4v) is 3.57. The van der Waals surface area contributed by atoms with Gasteiger partial charge in [0.05, 0.1) is 26.5 Å². The van der Waals surface area contributed by atoms with Gasteiger partial charge in [-0.2, -0.15) is 0 Å². The number of hydrogen-bond donors (Lipinski definition) is 1. The lowest BCUT2D eigenvalue weighted by atomic mass is 10.1. The maximum absolute atomic E-state index is 12.4. The smallest absolute Gasteiger partial charge is 0.256 e. The number of nitrogens with zero attached hydrogens (tertiary/aromatic N) is 1. The van der Waals surface area contributed by atoms with E-state index in [1.54, 1.807) is 17.6 Å². The number of aromatic nitrogens is 1. The molecule has 0 fully saturated rings. The summed E-state index contributed by atoms with van der Waals surface area (Å²) in [7, 11) is 0. The van der Waals surface area contributed by atoms with E-state index < -0.39 is 0 Å². The van der Waals surface area contributed by atoms with Gasteiger partial charge < -0.3 is 5.32 Å². The number of amides is 1. The number of thiazole rings is 1. The van der Waals surface area contributed by atoms with Crippen molar-refractivity contribution < 1.29 is 4.79 Å². The lowest BCUT2D eigenvalue weighted by Gasteiger charge is -2.09. The number of halogens is 2. The Kier molecular flexibility index (Phi) is 3.97. The summed E-state index contributed by atoms with van der Waals surface area (Å²) in [6.07, 6.45) is 0. The molecule has 21 heavy (non-hydrogen) atoms. The van der Waals surface area contributed by atoms with Crippen molar-refractivity contribution in [3.63, 3.8) is 0 Å². The number of carbonyl (C=O) groups is 1. The van der Waals surface area contributed by atoms with Crippen molar-refractivity contribution in [1.29, 1.82) is 0 Å². The summed E-state index contributed by atoms with van der Waals surface area (Å²) in [6.45, 7) is 1.97. The van der Waals surface area contributed by atoms with E-state index in [1.807, 2.05) is 25.1 Å². The van der Waals surface area contributed by atoms with Crippen molar-refractivity contribution in [2.45, 2.75) is 6.92 Å². The Hall–Kier alpha value is -1.43. The fraction of sp³-hybridized carbons (Fsp3) is 0.0667. The highest BCUT2D eigenvalue weighted by molar-refractivity contribution is 9.10. The maximum Gasteiger partial charge on any atom is 0.256 e. The zero-order chi connectivity index (χ0) is 15.0. The number of nitrogens with one attached hydrogen (secondary N) is 1. The molecule has 3 rings (SSSR count). The summed E-state index contributed by atoms with van der Waals surface area (Å²) >= 11 is 11.1. The highest BCUT2D eigenvalue weighted by atomic mass is 79.9. The zero-order valence-electron chi connectivity index (χ0n) is 11.0. The summed E-state index contributed by atoms with van der Waals surface area (Å²) in [5.41, 5.74) is 4.64. The predicted octanol–water partition coefficient (Wildman–Crippen LogP) is 5.27. The molecule has 0 bridgehead atoms. The van der Waals surface area contributed by atoms with Gasteiger partial charge in [-0.1, -0.05) is 17.7 Å². The third-order valence-electron chi connectivity index (χ3n) is 3.06. The molecule has 106 valence electrons. The summed E-state index contributed by atoms with van der Waals surface area (Å²) in [4.78, 5) is 16.7. The molecule has 1 heterocycles. The first-order chi connectivity index (χ1) is 10.1. The molecule has 0 spiro atoms. The van der Waals surface area contributed by atoms with Crippen LogP contribution in [0.25, 0.3) is 10.2 Å². The van der Waals surface area contributed by atoms with Crippen LogP contribution in [-0.2, 0) is 0 Å². The second-order valence-electron chi connectivity index (χ2n) is 4.56. The first-order valence-corrected chi connectivity index (χ1v) is 8.20. The Balaban J connectivity index is 2.00. The second-order valence-corrected chi connectivity index (χ2v) is 6.71. The minimum absolute atomic E-state index is 0.218. The third kappa shape index (κ3) is 2.81. The van der Waals surface area contributed by atoms with Crippen molar-refractivity contribution in [1.82, 2.24) is 4.98 Å². The number of hydrogen-bond acceptors (Lipinski definition) is 3. The van der Waals surface area contributed by atoms with Crippen molar-refractivity contribution >= 4 is 60.7 Å². The van der Waals surface area contributed by atoms with E-state index in [1.165, 1.54) is 11.3 Å². The fourth-order valence-electron chi connectivity index (χ4n) is 2.01. The molecule has 0 atom stereocenters. The first-order valence-electron chi connectivity index (χ1n) is 6.15. The van der Waals surface area contributed by atoms with Gasteiger partial charge in [-0.05, 0) is 52.7 Å². The van der Waals surface area contributed by atoms with Gasteiger partial charge in [-0.15, -0.1) is 11.3 Å².